The minimum absolute atomic E-state index is 0.289. The highest BCUT2D eigenvalue weighted by Gasteiger charge is 2.12. The number of aromatic nitrogens is 4. The highest BCUT2D eigenvalue weighted by molar-refractivity contribution is 7.99. The summed E-state index contributed by atoms with van der Waals surface area (Å²) in [5.74, 6) is 1.84. The van der Waals surface area contributed by atoms with Crippen molar-refractivity contribution in [3.63, 3.8) is 0 Å². The molecule has 0 amide bonds. The van der Waals surface area contributed by atoms with Gasteiger partial charge in [-0.2, -0.15) is 0 Å². The first-order chi connectivity index (χ1) is 14.1. The number of hydrogen-bond acceptors (Lipinski definition) is 6. The molecule has 0 spiro atoms. The maximum atomic E-state index is 13.6. The topological polar surface area (TPSA) is 81.5 Å². The Balaban J connectivity index is 1.55. The minimum atomic E-state index is -0.378. The largest absolute Gasteiger partial charge is 0.493 e. The second-order valence-electron chi connectivity index (χ2n) is 6.00. The number of para-hydroxylation sites is 2. The van der Waals surface area contributed by atoms with Crippen LogP contribution in [-0.2, 0) is 0 Å². The van der Waals surface area contributed by atoms with Crippen LogP contribution in [0.2, 0.25) is 0 Å². The predicted octanol–water partition coefficient (Wildman–Crippen LogP) is 3.40. The van der Waals surface area contributed by atoms with Crippen LogP contribution in [-0.4, -0.2) is 39.1 Å². The summed E-state index contributed by atoms with van der Waals surface area (Å²) in [4.78, 5) is 20.6. The number of aromatic amines is 1. The van der Waals surface area contributed by atoms with Gasteiger partial charge in [-0.25, -0.2) is 18.9 Å². The van der Waals surface area contributed by atoms with E-state index < -0.39 is 0 Å². The third-order valence-corrected chi connectivity index (χ3v) is 4.95. The first-order valence-corrected chi connectivity index (χ1v) is 9.77. The summed E-state index contributed by atoms with van der Waals surface area (Å²) >= 11 is 1.39. The monoisotopic (exact) mass is 412 g/mol. The molecule has 0 aliphatic carbocycles. The quantitative estimate of drug-likeness (QED) is 0.370. The smallest absolute Gasteiger partial charge is 0.266 e. The van der Waals surface area contributed by atoms with Gasteiger partial charge in [-0.3, -0.25) is 9.89 Å². The molecule has 0 bridgehead atoms. The fourth-order valence-corrected chi connectivity index (χ4v) is 3.53. The lowest BCUT2D eigenvalue weighted by Gasteiger charge is -2.10. The number of nitrogens with zero attached hydrogens (tertiary/aromatic N) is 3. The van der Waals surface area contributed by atoms with E-state index in [-0.39, 0.29) is 11.4 Å². The maximum Gasteiger partial charge on any atom is 0.266 e. The lowest BCUT2D eigenvalue weighted by Crippen LogP contribution is -2.07. The molecule has 9 heteroatoms. The number of nitrogens with one attached hydrogen (secondary N) is 1. The number of ether oxygens (including phenoxy) is 2. The van der Waals surface area contributed by atoms with Gasteiger partial charge in [0.25, 0.3) is 5.56 Å². The first-order valence-electron chi connectivity index (χ1n) is 8.78. The Hall–Kier alpha value is -3.33. The zero-order valence-corrected chi connectivity index (χ0v) is 16.3. The fraction of sp³-hybridized carbons (Fsp3) is 0.150. The van der Waals surface area contributed by atoms with E-state index in [9.17, 15) is 9.18 Å². The molecular formula is C20H17FN4O3S. The lowest BCUT2D eigenvalue weighted by molar-refractivity contribution is 0.313. The SMILES string of the molecule is COc1ccccc1OCCSc1nc(-c2cccc(F)c2)nc2cc(=O)[nH]n12. The molecule has 0 saturated heterocycles. The molecule has 2 aromatic carbocycles. The summed E-state index contributed by atoms with van der Waals surface area (Å²) in [7, 11) is 1.59. The lowest BCUT2D eigenvalue weighted by atomic mass is 10.2. The summed E-state index contributed by atoms with van der Waals surface area (Å²) in [6.07, 6.45) is 0. The molecule has 0 fully saturated rings. The van der Waals surface area contributed by atoms with Crippen molar-refractivity contribution in [1.29, 1.82) is 0 Å². The van der Waals surface area contributed by atoms with Gasteiger partial charge in [-0.05, 0) is 24.3 Å². The molecule has 0 aliphatic heterocycles. The molecule has 29 heavy (non-hydrogen) atoms. The van der Waals surface area contributed by atoms with Gasteiger partial charge < -0.3 is 9.47 Å². The zero-order chi connectivity index (χ0) is 20.2. The van der Waals surface area contributed by atoms with E-state index in [0.717, 1.165) is 0 Å². The van der Waals surface area contributed by atoms with Gasteiger partial charge in [0.1, 0.15) is 5.82 Å². The van der Waals surface area contributed by atoms with Crippen LogP contribution in [0.4, 0.5) is 4.39 Å². The van der Waals surface area contributed by atoms with Crippen molar-refractivity contribution in [3.8, 4) is 22.9 Å². The highest BCUT2D eigenvalue weighted by atomic mass is 32.2. The Bertz CT molecular complexity index is 1210. The number of halogens is 1. The molecule has 2 aromatic heterocycles. The molecule has 0 atom stereocenters. The molecule has 1 N–H and O–H groups in total. The molecule has 0 saturated carbocycles. The standard InChI is InChI=1S/C20H17FN4O3S/c1-27-15-7-2-3-8-16(15)28-9-10-29-20-23-19(13-5-4-6-14(21)11-13)22-17-12-18(26)24-25(17)20/h2-8,11-12H,9-10H2,1H3,(H,24,26). The Morgan fingerprint density at radius 1 is 1.10 bits per heavy atom. The van der Waals surface area contributed by atoms with Gasteiger partial charge >= 0.3 is 0 Å². The zero-order valence-electron chi connectivity index (χ0n) is 15.5. The van der Waals surface area contributed by atoms with Gasteiger partial charge in [-0.15, -0.1) is 0 Å². The van der Waals surface area contributed by atoms with Crippen molar-refractivity contribution in [2.45, 2.75) is 5.16 Å². The normalized spacial score (nSPS) is 11.0. The third kappa shape index (κ3) is 4.24. The molecule has 0 radical (unpaired) electrons. The fourth-order valence-electron chi connectivity index (χ4n) is 2.76. The van der Waals surface area contributed by atoms with Crippen molar-refractivity contribution < 1.29 is 13.9 Å². The molecule has 0 aliphatic rings. The van der Waals surface area contributed by atoms with E-state index in [1.807, 2.05) is 24.3 Å². The molecule has 7 nitrogen and oxygen atoms in total. The summed E-state index contributed by atoms with van der Waals surface area (Å²) in [6, 6.07) is 14.8. The van der Waals surface area contributed by atoms with Crippen LogP contribution in [0.15, 0.2) is 64.5 Å². The number of fused-ring (bicyclic) bond motifs is 1. The van der Waals surface area contributed by atoms with E-state index in [4.69, 9.17) is 9.47 Å². The van der Waals surface area contributed by atoms with Crippen molar-refractivity contribution in [1.82, 2.24) is 19.6 Å². The Morgan fingerprint density at radius 2 is 1.93 bits per heavy atom. The van der Waals surface area contributed by atoms with Crippen LogP contribution in [0.25, 0.3) is 17.0 Å². The van der Waals surface area contributed by atoms with E-state index in [2.05, 4.69) is 15.1 Å². The van der Waals surface area contributed by atoms with E-state index >= 15 is 0 Å². The van der Waals surface area contributed by atoms with Crippen molar-refractivity contribution in [2.24, 2.45) is 0 Å². The second-order valence-corrected chi connectivity index (χ2v) is 7.06. The van der Waals surface area contributed by atoms with Crippen LogP contribution in [0, 0.1) is 5.82 Å². The molecule has 4 aromatic rings. The van der Waals surface area contributed by atoms with Gasteiger partial charge in [0.2, 0.25) is 0 Å². The summed E-state index contributed by atoms with van der Waals surface area (Å²) in [5.41, 5.74) is 0.661. The molecule has 2 heterocycles. The van der Waals surface area contributed by atoms with Crippen LogP contribution in [0.5, 0.6) is 11.5 Å². The van der Waals surface area contributed by atoms with Gasteiger partial charge in [-0.1, -0.05) is 36.0 Å². The number of benzene rings is 2. The average molecular weight is 412 g/mol. The molecule has 148 valence electrons. The highest BCUT2D eigenvalue weighted by Crippen LogP contribution is 2.26. The Kier molecular flexibility index (Phi) is 5.48. The number of H-pyrrole nitrogens is 1. The van der Waals surface area contributed by atoms with Crippen LogP contribution in [0.1, 0.15) is 0 Å². The van der Waals surface area contributed by atoms with Crippen LogP contribution in [0.3, 0.4) is 0 Å². The van der Waals surface area contributed by atoms with E-state index in [1.165, 1.54) is 34.5 Å². The van der Waals surface area contributed by atoms with Crippen LogP contribution >= 0.6 is 11.8 Å². The molecular weight excluding hydrogens is 395 g/mol. The average Bonchev–Trinajstić information content (AvgIpc) is 3.11. The predicted molar refractivity (Wildman–Crippen MR) is 108 cm³/mol. The minimum Gasteiger partial charge on any atom is -0.493 e. The number of hydrogen-bond donors (Lipinski definition) is 1. The number of thioether (sulfide) groups is 1. The second kappa shape index (κ2) is 8.36. The Labute approximate surface area is 169 Å². The Morgan fingerprint density at radius 3 is 2.72 bits per heavy atom. The molecule has 4 rings (SSSR count). The van der Waals surface area contributed by atoms with E-state index in [1.54, 1.807) is 19.2 Å². The van der Waals surface area contributed by atoms with Gasteiger partial charge in [0.05, 0.1) is 13.7 Å². The van der Waals surface area contributed by atoms with Crippen molar-refractivity contribution in [2.75, 3.05) is 19.5 Å². The van der Waals surface area contributed by atoms with Gasteiger partial charge in [0, 0.05) is 17.4 Å². The number of rotatable bonds is 7. The maximum absolute atomic E-state index is 13.6. The summed E-state index contributed by atoms with van der Waals surface area (Å²) in [5, 5.41) is 3.20. The van der Waals surface area contributed by atoms with E-state index in [0.29, 0.717) is 46.1 Å². The van der Waals surface area contributed by atoms with Crippen molar-refractivity contribution in [3.05, 3.63) is 70.8 Å². The first kappa shape index (κ1) is 19.0. The van der Waals surface area contributed by atoms with Crippen molar-refractivity contribution >= 4 is 17.4 Å². The third-order valence-electron chi connectivity index (χ3n) is 4.05. The number of methoxy groups -OCH3 is 1. The summed E-state index contributed by atoms with van der Waals surface area (Å²) < 4.78 is 26.2. The van der Waals surface area contributed by atoms with Gasteiger partial charge in [0.15, 0.2) is 28.1 Å². The summed E-state index contributed by atoms with van der Waals surface area (Å²) in [6.45, 7) is 0.400. The molecule has 0 unspecified atom stereocenters. The van der Waals surface area contributed by atoms with Crippen LogP contribution < -0.4 is 15.0 Å².